The van der Waals surface area contributed by atoms with Crippen LogP contribution in [0.2, 0.25) is 0 Å². The number of amidine groups is 1. The highest BCUT2D eigenvalue weighted by atomic mass is 32.2. The minimum absolute atomic E-state index is 0.123. The maximum atomic E-state index is 11.0. The van der Waals surface area contributed by atoms with Crippen molar-refractivity contribution < 1.29 is 13.6 Å². The Labute approximate surface area is 75.3 Å². The Morgan fingerprint density at radius 1 is 1.69 bits per heavy atom. The summed E-state index contributed by atoms with van der Waals surface area (Å²) in [5, 5.41) is 11.0. The molecule has 6 nitrogen and oxygen atoms in total. The van der Waals surface area contributed by atoms with Gasteiger partial charge in [0.15, 0.2) is 5.84 Å². The Kier molecular flexibility index (Phi) is 2.28. The van der Waals surface area contributed by atoms with E-state index < -0.39 is 10.0 Å². The zero-order valence-electron chi connectivity index (χ0n) is 6.88. The van der Waals surface area contributed by atoms with Crippen molar-refractivity contribution in [1.82, 2.24) is 3.97 Å². The van der Waals surface area contributed by atoms with Gasteiger partial charge < -0.3 is 10.9 Å². The summed E-state index contributed by atoms with van der Waals surface area (Å²) in [5.41, 5.74) is 5.60. The molecule has 0 saturated carbocycles. The Morgan fingerprint density at radius 3 is 2.69 bits per heavy atom. The van der Waals surface area contributed by atoms with Gasteiger partial charge >= 0.3 is 0 Å². The molecule has 1 aromatic heterocycles. The van der Waals surface area contributed by atoms with Gasteiger partial charge in [0.25, 0.3) is 0 Å². The van der Waals surface area contributed by atoms with E-state index in [0.717, 1.165) is 10.2 Å². The van der Waals surface area contributed by atoms with Crippen molar-refractivity contribution in [2.24, 2.45) is 10.9 Å². The van der Waals surface area contributed by atoms with Crippen LogP contribution in [0.5, 0.6) is 0 Å². The van der Waals surface area contributed by atoms with Crippen molar-refractivity contribution in [3.8, 4) is 0 Å². The van der Waals surface area contributed by atoms with Crippen molar-refractivity contribution in [3.05, 3.63) is 24.0 Å². The molecular weight excluding hydrogens is 194 g/mol. The summed E-state index contributed by atoms with van der Waals surface area (Å²) in [7, 11) is -3.30. The van der Waals surface area contributed by atoms with E-state index >= 15 is 0 Å². The molecule has 1 rings (SSSR count). The highest BCUT2D eigenvalue weighted by Gasteiger charge is 2.07. The van der Waals surface area contributed by atoms with E-state index in [9.17, 15) is 8.42 Å². The van der Waals surface area contributed by atoms with Crippen LogP contribution in [0, 0.1) is 0 Å². The van der Waals surface area contributed by atoms with Crippen LogP contribution in [0.25, 0.3) is 0 Å². The molecule has 0 radical (unpaired) electrons. The molecule has 0 aliphatic heterocycles. The van der Waals surface area contributed by atoms with Crippen LogP contribution in [0.3, 0.4) is 0 Å². The van der Waals surface area contributed by atoms with Gasteiger partial charge in [0.05, 0.1) is 6.26 Å². The number of nitrogens with zero attached hydrogens (tertiary/aromatic N) is 2. The van der Waals surface area contributed by atoms with Crippen molar-refractivity contribution in [1.29, 1.82) is 0 Å². The predicted octanol–water partition coefficient (Wildman–Crippen LogP) is -0.610. The number of hydrogen-bond donors (Lipinski definition) is 2. The average molecular weight is 203 g/mol. The molecule has 1 aromatic rings. The average Bonchev–Trinajstić information content (AvgIpc) is 2.50. The summed E-state index contributed by atoms with van der Waals surface area (Å²) < 4.78 is 22.9. The first kappa shape index (κ1) is 9.59. The van der Waals surface area contributed by atoms with Gasteiger partial charge in [0, 0.05) is 18.0 Å². The number of aromatic nitrogens is 1. The lowest BCUT2D eigenvalue weighted by Gasteiger charge is -1.96. The Hall–Kier alpha value is -1.50. The topological polar surface area (TPSA) is 97.7 Å². The monoisotopic (exact) mass is 203 g/mol. The summed E-state index contributed by atoms with van der Waals surface area (Å²) in [4.78, 5) is 0. The summed E-state index contributed by atoms with van der Waals surface area (Å²) in [6.45, 7) is 0. The maximum absolute atomic E-state index is 11.0. The van der Waals surface area contributed by atoms with E-state index in [1.165, 1.54) is 18.5 Å². The highest BCUT2D eigenvalue weighted by Crippen LogP contribution is 2.02. The molecule has 0 atom stereocenters. The first-order valence-corrected chi connectivity index (χ1v) is 5.16. The first-order valence-electron chi connectivity index (χ1n) is 3.31. The van der Waals surface area contributed by atoms with Crippen LogP contribution in [0.1, 0.15) is 5.56 Å². The van der Waals surface area contributed by atoms with E-state index in [2.05, 4.69) is 5.16 Å². The lowest BCUT2D eigenvalue weighted by Crippen LogP contribution is -2.13. The van der Waals surface area contributed by atoms with Crippen LogP contribution < -0.4 is 5.73 Å². The summed E-state index contributed by atoms with van der Waals surface area (Å²) >= 11 is 0. The van der Waals surface area contributed by atoms with Crippen LogP contribution >= 0.6 is 0 Å². The zero-order chi connectivity index (χ0) is 10.1. The smallest absolute Gasteiger partial charge is 0.235 e. The van der Waals surface area contributed by atoms with Crippen LogP contribution in [-0.4, -0.2) is 29.7 Å². The molecule has 1 heterocycles. The molecule has 72 valence electrons. The van der Waals surface area contributed by atoms with Gasteiger partial charge in [-0.15, -0.1) is 0 Å². The Bertz CT molecular complexity index is 432. The van der Waals surface area contributed by atoms with E-state index in [-0.39, 0.29) is 5.84 Å². The maximum Gasteiger partial charge on any atom is 0.235 e. The van der Waals surface area contributed by atoms with Crippen LogP contribution in [-0.2, 0) is 10.0 Å². The molecule has 13 heavy (non-hydrogen) atoms. The molecule has 0 unspecified atom stereocenters. The number of hydrogen-bond acceptors (Lipinski definition) is 4. The van der Waals surface area contributed by atoms with Gasteiger partial charge in [-0.25, -0.2) is 8.42 Å². The minimum Gasteiger partial charge on any atom is -0.409 e. The molecule has 3 N–H and O–H groups in total. The normalized spacial score (nSPS) is 13.2. The molecule has 0 aromatic carbocycles. The molecule has 7 heteroatoms. The Balaban J connectivity index is 3.15. The summed E-state index contributed by atoms with van der Waals surface area (Å²) in [5.74, 6) is -0.123. The van der Waals surface area contributed by atoms with E-state index in [4.69, 9.17) is 10.9 Å². The lowest BCUT2D eigenvalue weighted by atomic mass is 10.3. The molecule has 0 aliphatic carbocycles. The number of oxime groups is 1. The quantitative estimate of drug-likeness (QED) is 0.290. The Morgan fingerprint density at radius 2 is 2.31 bits per heavy atom. The molecule has 0 spiro atoms. The summed E-state index contributed by atoms with van der Waals surface area (Å²) in [6.07, 6.45) is 3.65. The SMILES string of the molecule is CS(=O)(=O)n1ccc(/C(N)=N\O)c1. The van der Waals surface area contributed by atoms with Crippen LogP contribution in [0.4, 0.5) is 0 Å². The molecule has 0 fully saturated rings. The standard InChI is InChI=1S/C6H9N3O3S/c1-13(11,12)9-3-2-5(4-9)6(7)8-10/h2-4,10H,1H3,(H2,7,8). The van der Waals surface area contributed by atoms with E-state index in [1.807, 2.05) is 0 Å². The van der Waals surface area contributed by atoms with E-state index in [0.29, 0.717) is 5.56 Å². The molecular formula is C6H9N3O3S. The molecule has 0 bridgehead atoms. The first-order chi connectivity index (χ1) is 5.95. The highest BCUT2D eigenvalue weighted by molar-refractivity contribution is 7.89. The summed E-state index contributed by atoms with van der Waals surface area (Å²) in [6, 6.07) is 1.44. The second kappa shape index (κ2) is 3.09. The fraction of sp³-hybridized carbons (Fsp3) is 0.167. The predicted molar refractivity (Wildman–Crippen MR) is 47.2 cm³/mol. The zero-order valence-corrected chi connectivity index (χ0v) is 7.69. The largest absolute Gasteiger partial charge is 0.409 e. The molecule has 0 aliphatic rings. The molecule has 0 saturated heterocycles. The van der Waals surface area contributed by atoms with E-state index in [1.54, 1.807) is 0 Å². The minimum atomic E-state index is -3.30. The second-order valence-corrected chi connectivity index (χ2v) is 4.37. The van der Waals surface area contributed by atoms with Crippen LogP contribution in [0.15, 0.2) is 23.6 Å². The number of nitrogens with two attached hydrogens (primary N) is 1. The number of rotatable bonds is 2. The second-order valence-electron chi connectivity index (χ2n) is 2.48. The van der Waals surface area contributed by atoms with Crippen molar-refractivity contribution in [2.75, 3.05) is 6.26 Å². The molecule has 0 amide bonds. The van der Waals surface area contributed by atoms with Gasteiger partial charge in [-0.2, -0.15) is 0 Å². The fourth-order valence-corrected chi connectivity index (χ4v) is 1.38. The third kappa shape index (κ3) is 2.00. The van der Waals surface area contributed by atoms with Crippen molar-refractivity contribution >= 4 is 15.9 Å². The van der Waals surface area contributed by atoms with Gasteiger partial charge in [0.1, 0.15) is 0 Å². The lowest BCUT2D eigenvalue weighted by molar-refractivity contribution is 0.318. The van der Waals surface area contributed by atoms with Gasteiger partial charge in [-0.05, 0) is 6.07 Å². The third-order valence-electron chi connectivity index (χ3n) is 1.45. The fourth-order valence-electron chi connectivity index (χ4n) is 0.792. The van der Waals surface area contributed by atoms with Crippen molar-refractivity contribution in [3.63, 3.8) is 0 Å². The van der Waals surface area contributed by atoms with Crippen molar-refractivity contribution in [2.45, 2.75) is 0 Å². The van der Waals surface area contributed by atoms with Gasteiger partial charge in [-0.3, -0.25) is 3.97 Å². The third-order valence-corrected chi connectivity index (χ3v) is 2.45. The van der Waals surface area contributed by atoms with Gasteiger partial charge in [0.2, 0.25) is 10.0 Å². The van der Waals surface area contributed by atoms with Gasteiger partial charge in [-0.1, -0.05) is 5.16 Å².